The van der Waals surface area contributed by atoms with Crippen molar-refractivity contribution < 1.29 is 9.53 Å². The van der Waals surface area contributed by atoms with Crippen molar-refractivity contribution in [3.63, 3.8) is 0 Å². The summed E-state index contributed by atoms with van der Waals surface area (Å²) in [5.74, 6) is 0.311. The van der Waals surface area contributed by atoms with E-state index in [1.54, 1.807) is 6.92 Å². The fourth-order valence-electron chi connectivity index (χ4n) is 6.94. The number of unbranched alkanes of at least 4 members (excludes halogenated alkanes) is 32. The van der Waals surface area contributed by atoms with Crippen LogP contribution in [0.25, 0.3) is 0 Å². The van der Waals surface area contributed by atoms with Crippen LogP contribution in [0.5, 0.6) is 0 Å². The molecule has 0 rings (SSSR count). The third-order valence-corrected chi connectivity index (χ3v) is 10.2. The van der Waals surface area contributed by atoms with E-state index in [4.69, 9.17) is 4.74 Å². The van der Waals surface area contributed by atoms with Crippen LogP contribution < -0.4 is 0 Å². The Kier molecular flexibility index (Phi) is 38.0. The molecule has 0 amide bonds. The molecule has 274 valence electrons. The van der Waals surface area contributed by atoms with E-state index in [2.05, 4.69) is 20.4 Å². The van der Waals surface area contributed by atoms with Crippen LogP contribution in [0.15, 0.2) is 12.2 Å². The lowest BCUT2D eigenvalue weighted by Crippen LogP contribution is -2.15. The van der Waals surface area contributed by atoms with Crippen LogP contribution in [0, 0.1) is 5.92 Å². The van der Waals surface area contributed by atoms with Crippen LogP contribution in [-0.4, -0.2) is 12.6 Å². The summed E-state index contributed by atoms with van der Waals surface area (Å²) in [6, 6.07) is 0. The number of hydrogen-bond acceptors (Lipinski definition) is 2. The van der Waals surface area contributed by atoms with Crippen molar-refractivity contribution in [1.29, 1.82) is 0 Å². The maximum absolute atomic E-state index is 12.0. The van der Waals surface area contributed by atoms with Gasteiger partial charge in [0, 0.05) is 5.57 Å². The Hall–Kier alpha value is -0.790. The Morgan fingerprint density at radius 2 is 0.630 bits per heavy atom. The van der Waals surface area contributed by atoms with E-state index in [1.165, 1.54) is 231 Å². The molecule has 1 atom stereocenters. The zero-order chi connectivity index (χ0) is 33.6. The molecule has 46 heavy (non-hydrogen) atoms. The average Bonchev–Trinajstić information content (AvgIpc) is 3.05. The molecule has 0 aliphatic heterocycles. The van der Waals surface area contributed by atoms with Crippen molar-refractivity contribution in [3.05, 3.63) is 12.2 Å². The molecule has 0 aromatic heterocycles. The molecule has 0 saturated heterocycles. The molecule has 2 nitrogen and oxygen atoms in total. The molecule has 0 aliphatic rings. The lowest BCUT2D eigenvalue weighted by molar-refractivity contribution is -0.140. The summed E-state index contributed by atoms with van der Waals surface area (Å²) in [5.41, 5.74) is 0.523. The van der Waals surface area contributed by atoms with Crippen molar-refractivity contribution in [3.8, 4) is 0 Å². The van der Waals surface area contributed by atoms with E-state index in [1.807, 2.05) is 0 Å². The predicted molar refractivity (Wildman–Crippen MR) is 207 cm³/mol. The van der Waals surface area contributed by atoms with Crippen molar-refractivity contribution in [1.82, 2.24) is 0 Å². The molecular formula is C44H86O2. The normalized spacial score (nSPS) is 12.1. The minimum absolute atomic E-state index is 0.213. The Bertz CT molecular complexity index is 611. The van der Waals surface area contributed by atoms with E-state index in [9.17, 15) is 4.79 Å². The monoisotopic (exact) mass is 647 g/mol. The standard InChI is InChI=1S/C44H86O2/c1-5-7-9-11-13-15-17-19-21-23-24-26-28-30-32-34-36-38-40-43(41-46-44(45)42(3)4)39-37-35-33-31-29-27-25-22-20-18-16-14-12-10-8-6-2/h43H,3,5-41H2,1-2,4H3. The summed E-state index contributed by atoms with van der Waals surface area (Å²) >= 11 is 0. The lowest BCUT2D eigenvalue weighted by Gasteiger charge is -2.17. The number of rotatable bonds is 39. The molecule has 0 N–H and O–H groups in total. The van der Waals surface area contributed by atoms with E-state index in [-0.39, 0.29) is 5.97 Å². The molecule has 0 fully saturated rings. The van der Waals surface area contributed by atoms with Gasteiger partial charge < -0.3 is 4.74 Å². The zero-order valence-electron chi connectivity index (χ0n) is 32.3. The summed E-state index contributed by atoms with van der Waals surface area (Å²) in [4.78, 5) is 12.0. The van der Waals surface area contributed by atoms with Crippen LogP contribution in [0.4, 0.5) is 0 Å². The molecule has 2 heteroatoms. The van der Waals surface area contributed by atoms with Gasteiger partial charge in [0.15, 0.2) is 0 Å². The van der Waals surface area contributed by atoms with Crippen molar-refractivity contribution in [2.24, 2.45) is 5.92 Å². The van der Waals surface area contributed by atoms with E-state index >= 15 is 0 Å². The summed E-state index contributed by atoms with van der Waals surface area (Å²) in [7, 11) is 0. The third kappa shape index (κ3) is 36.1. The second-order valence-corrected chi connectivity index (χ2v) is 15.1. The van der Waals surface area contributed by atoms with Crippen LogP contribution >= 0.6 is 0 Å². The Labute approximate surface area is 291 Å². The van der Waals surface area contributed by atoms with Gasteiger partial charge in [-0.25, -0.2) is 4.79 Å². The Morgan fingerprint density at radius 3 is 0.848 bits per heavy atom. The van der Waals surface area contributed by atoms with Gasteiger partial charge >= 0.3 is 5.97 Å². The molecule has 0 bridgehead atoms. The third-order valence-electron chi connectivity index (χ3n) is 10.2. The number of hydrogen-bond donors (Lipinski definition) is 0. The van der Waals surface area contributed by atoms with Gasteiger partial charge in [-0.2, -0.15) is 0 Å². The Morgan fingerprint density at radius 1 is 0.413 bits per heavy atom. The van der Waals surface area contributed by atoms with Gasteiger partial charge in [0.05, 0.1) is 6.61 Å². The maximum atomic E-state index is 12.0. The molecule has 0 aromatic rings. The van der Waals surface area contributed by atoms with Crippen molar-refractivity contribution in [2.45, 2.75) is 252 Å². The summed E-state index contributed by atoms with van der Waals surface area (Å²) in [6.45, 7) is 10.7. The van der Waals surface area contributed by atoms with Crippen LogP contribution in [0.2, 0.25) is 0 Å². The highest BCUT2D eigenvalue weighted by Crippen LogP contribution is 2.21. The minimum Gasteiger partial charge on any atom is -0.462 e. The van der Waals surface area contributed by atoms with Crippen molar-refractivity contribution in [2.75, 3.05) is 6.61 Å². The highest BCUT2D eigenvalue weighted by Gasteiger charge is 2.12. The molecule has 0 heterocycles. The van der Waals surface area contributed by atoms with Crippen molar-refractivity contribution >= 4 is 5.97 Å². The Balaban J connectivity index is 3.70. The van der Waals surface area contributed by atoms with Gasteiger partial charge in [-0.1, -0.05) is 239 Å². The van der Waals surface area contributed by atoms with Gasteiger partial charge in [0.25, 0.3) is 0 Å². The number of esters is 1. The van der Waals surface area contributed by atoms with E-state index in [0.717, 1.165) is 0 Å². The predicted octanol–water partition coefficient (Wildman–Crippen LogP) is 15.8. The summed E-state index contributed by atoms with van der Waals surface area (Å²) in [5, 5.41) is 0. The number of ether oxygens (including phenoxy) is 1. The molecule has 0 radical (unpaired) electrons. The van der Waals surface area contributed by atoms with Gasteiger partial charge in [0.1, 0.15) is 0 Å². The molecule has 0 spiro atoms. The molecule has 0 saturated carbocycles. The first-order chi connectivity index (χ1) is 22.6. The fourth-order valence-corrected chi connectivity index (χ4v) is 6.94. The summed E-state index contributed by atoms with van der Waals surface area (Å²) in [6.07, 6.45) is 50.6. The molecule has 0 aliphatic carbocycles. The van der Waals surface area contributed by atoms with Gasteiger partial charge in [-0.3, -0.25) is 0 Å². The van der Waals surface area contributed by atoms with Gasteiger partial charge in [-0.15, -0.1) is 0 Å². The average molecular weight is 647 g/mol. The van der Waals surface area contributed by atoms with E-state index < -0.39 is 0 Å². The van der Waals surface area contributed by atoms with Gasteiger partial charge in [0.2, 0.25) is 0 Å². The largest absolute Gasteiger partial charge is 0.462 e. The minimum atomic E-state index is -0.213. The quantitative estimate of drug-likeness (QED) is 0.0377. The second kappa shape index (κ2) is 38.7. The van der Waals surface area contributed by atoms with E-state index in [0.29, 0.717) is 18.1 Å². The van der Waals surface area contributed by atoms with Crippen LogP contribution in [0.3, 0.4) is 0 Å². The molecule has 0 aromatic carbocycles. The number of carbonyl (C=O) groups is 1. The smallest absolute Gasteiger partial charge is 0.333 e. The molecular weight excluding hydrogens is 560 g/mol. The zero-order valence-corrected chi connectivity index (χ0v) is 32.3. The number of carbonyl (C=O) groups excluding carboxylic acids is 1. The first-order valence-corrected chi connectivity index (χ1v) is 21.4. The maximum Gasteiger partial charge on any atom is 0.333 e. The second-order valence-electron chi connectivity index (χ2n) is 15.1. The SMILES string of the molecule is C=C(C)C(=O)OCC(CCCCCCCCCCCCCCCCCC)CCCCCCCCCCCCCCCCCCCC. The first-order valence-electron chi connectivity index (χ1n) is 21.4. The van der Waals surface area contributed by atoms with Crippen LogP contribution in [-0.2, 0) is 9.53 Å². The highest BCUT2D eigenvalue weighted by atomic mass is 16.5. The fraction of sp³-hybridized carbons (Fsp3) is 0.932. The lowest BCUT2D eigenvalue weighted by atomic mass is 9.94. The topological polar surface area (TPSA) is 26.3 Å². The highest BCUT2D eigenvalue weighted by molar-refractivity contribution is 5.86. The summed E-state index contributed by atoms with van der Waals surface area (Å²) < 4.78 is 5.59. The molecule has 1 unspecified atom stereocenters. The first kappa shape index (κ1) is 45.2. The van der Waals surface area contributed by atoms with Crippen LogP contribution in [0.1, 0.15) is 252 Å². The van der Waals surface area contributed by atoms with Gasteiger partial charge in [-0.05, 0) is 25.7 Å².